The van der Waals surface area contributed by atoms with Crippen molar-refractivity contribution in [2.24, 2.45) is 0 Å². The lowest BCUT2D eigenvalue weighted by atomic mass is 10.1. The SMILES string of the molecule is Cc1noc(C)c1CN1CCCC1c1ccsc1. The van der Waals surface area contributed by atoms with Gasteiger partial charge < -0.3 is 4.52 Å². The highest BCUT2D eigenvalue weighted by molar-refractivity contribution is 7.07. The Kier molecular flexibility index (Phi) is 3.22. The summed E-state index contributed by atoms with van der Waals surface area (Å²) in [6, 6.07) is 2.83. The fourth-order valence-electron chi connectivity index (χ4n) is 2.79. The molecule has 3 nitrogen and oxygen atoms in total. The van der Waals surface area contributed by atoms with Crippen LogP contribution in [0.15, 0.2) is 21.3 Å². The second-order valence-corrected chi connectivity index (χ2v) is 5.77. The Labute approximate surface area is 111 Å². The summed E-state index contributed by atoms with van der Waals surface area (Å²) < 4.78 is 5.26. The smallest absolute Gasteiger partial charge is 0.138 e. The third kappa shape index (κ3) is 2.10. The van der Waals surface area contributed by atoms with Crippen molar-refractivity contribution in [3.63, 3.8) is 0 Å². The molecule has 2 aromatic rings. The predicted molar refractivity (Wildman–Crippen MR) is 72.7 cm³/mol. The van der Waals surface area contributed by atoms with Gasteiger partial charge in [0.1, 0.15) is 5.76 Å². The van der Waals surface area contributed by atoms with Gasteiger partial charge in [0.15, 0.2) is 0 Å². The summed E-state index contributed by atoms with van der Waals surface area (Å²) in [6.45, 7) is 6.17. The summed E-state index contributed by atoms with van der Waals surface area (Å²) in [4.78, 5) is 2.55. The van der Waals surface area contributed by atoms with E-state index < -0.39 is 0 Å². The Hall–Kier alpha value is -1.13. The van der Waals surface area contributed by atoms with Crippen LogP contribution in [0.4, 0.5) is 0 Å². The number of rotatable bonds is 3. The molecule has 1 atom stereocenters. The van der Waals surface area contributed by atoms with Gasteiger partial charge >= 0.3 is 0 Å². The average molecular weight is 262 g/mol. The minimum Gasteiger partial charge on any atom is -0.361 e. The van der Waals surface area contributed by atoms with Crippen LogP contribution in [-0.2, 0) is 6.54 Å². The van der Waals surface area contributed by atoms with Gasteiger partial charge in [-0.2, -0.15) is 11.3 Å². The molecular weight excluding hydrogens is 244 g/mol. The molecule has 4 heteroatoms. The highest BCUT2D eigenvalue weighted by atomic mass is 32.1. The fourth-order valence-corrected chi connectivity index (χ4v) is 3.50. The molecule has 18 heavy (non-hydrogen) atoms. The molecule has 1 fully saturated rings. The molecule has 0 amide bonds. The van der Waals surface area contributed by atoms with E-state index in [0.29, 0.717) is 6.04 Å². The van der Waals surface area contributed by atoms with Crippen LogP contribution >= 0.6 is 11.3 Å². The molecule has 0 spiro atoms. The molecule has 0 bridgehead atoms. The maximum atomic E-state index is 5.26. The minimum absolute atomic E-state index is 0.574. The third-order valence-corrected chi connectivity index (χ3v) is 4.54. The molecule has 0 saturated carbocycles. The summed E-state index contributed by atoms with van der Waals surface area (Å²) in [5, 5.41) is 8.49. The van der Waals surface area contributed by atoms with Gasteiger partial charge in [0.05, 0.1) is 5.69 Å². The van der Waals surface area contributed by atoms with E-state index in [1.807, 2.05) is 13.8 Å². The Morgan fingerprint density at radius 3 is 3.06 bits per heavy atom. The first-order valence-electron chi connectivity index (χ1n) is 6.43. The zero-order valence-electron chi connectivity index (χ0n) is 10.8. The van der Waals surface area contributed by atoms with Crippen LogP contribution in [0.5, 0.6) is 0 Å². The van der Waals surface area contributed by atoms with E-state index in [2.05, 4.69) is 26.9 Å². The van der Waals surface area contributed by atoms with Crippen molar-refractivity contribution in [3.8, 4) is 0 Å². The van der Waals surface area contributed by atoms with E-state index in [1.165, 1.54) is 30.5 Å². The van der Waals surface area contributed by atoms with E-state index in [0.717, 1.165) is 18.0 Å². The van der Waals surface area contributed by atoms with Gasteiger partial charge in [-0.1, -0.05) is 5.16 Å². The lowest BCUT2D eigenvalue weighted by Crippen LogP contribution is -2.23. The topological polar surface area (TPSA) is 29.3 Å². The molecule has 2 aromatic heterocycles. The first-order chi connectivity index (χ1) is 8.75. The van der Waals surface area contributed by atoms with Crippen molar-refractivity contribution < 1.29 is 4.52 Å². The molecule has 1 aliphatic rings. The summed E-state index contributed by atoms with van der Waals surface area (Å²) >= 11 is 1.79. The molecule has 96 valence electrons. The highest BCUT2D eigenvalue weighted by Gasteiger charge is 2.27. The number of thiophene rings is 1. The first kappa shape index (κ1) is 11.9. The second kappa shape index (κ2) is 4.86. The van der Waals surface area contributed by atoms with E-state index in [1.54, 1.807) is 11.3 Å². The van der Waals surface area contributed by atoms with Gasteiger partial charge in [0.2, 0.25) is 0 Å². The number of aromatic nitrogens is 1. The predicted octanol–water partition coefficient (Wildman–Crippen LogP) is 3.69. The average Bonchev–Trinajstić information content (AvgIpc) is 3.06. The number of hydrogen-bond donors (Lipinski definition) is 0. The standard InChI is InChI=1S/C14H18N2OS/c1-10-13(11(2)17-15-10)8-16-6-3-4-14(16)12-5-7-18-9-12/h5,7,9,14H,3-4,6,8H2,1-2H3. The van der Waals surface area contributed by atoms with E-state index in [4.69, 9.17) is 4.52 Å². The van der Waals surface area contributed by atoms with Crippen molar-refractivity contribution in [3.05, 3.63) is 39.4 Å². The van der Waals surface area contributed by atoms with Gasteiger partial charge in [-0.05, 0) is 55.6 Å². The molecule has 3 rings (SSSR count). The van der Waals surface area contributed by atoms with Crippen LogP contribution in [0.3, 0.4) is 0 Å². The van der Waals surface area contributed by atoms with E-state index >= 15 is 0 Å². The summed E-state index contributed by atoms with van der Waals surface area (Å²) in [7, 11) is 0. The van der Waals surface area contributed by atoms with Crippen LogP contribution < -0.4 is 0 Å². The highest BCUT2D eigenvalue weighted by Crippen LogP contribution is 2.34. The van der Waals surface area contributed by atoms with Gasteiger partial charge in [0.25, 0.3) is 0 Å². The Morgan fingerprint density at radius 2 is 2.39 bits per heavy atom. The quantitative estimate of drug-likeness (QED) is 0.844. The Balaban J connectivity index is 1.80. The first-order valence-corrected chi connectivity index (χ1v) is 7.38. The fraction of sp³-hybridized carbons (Fsp3) is 0.500. The van der Waals surface area contributed by atoms with Gasteiger partial charge in [-0.3, -0.25) is 4.90 Å². The van der Waals surface area contributed by atoms with Crippen molar-refractivity contribution in [1.82, 2.24) is 10.1 Å². The molecule has 1 aliphatic heterocycles. The lowest BCUT2D eigenvalue weighted by Gasteiger charge is -2.23. The van der Waals surface area contributed by atoms with Crippen molar-refractivity contribution >= 4 is 11.3 Å². The second-order valence-electron chi connectivity index (χ2n) is 4.99. The molecule has 1 unspecified atom stereocenters. The normalized spacial score (nSPS) is 20.7. The van der Waals surface area contributed by atoms with Gasteiger partial charge in [-0.25, -0.2) is 0 Å². The maximum absolute atomic E-state index is 5.26. The zero-order valence-corrected chi connectivity index (χ0v) is 11.7. The number of hydrogen-bond acceptors (Lipinski definition) is 4. The summed E-state index contributed by atoms with van der Waals surface area (Å²) in [5.74, 6) is 0.962. The van der Waals surface area contributed by atoms with Crippen molar-refractivity contribution in [1.29, 1.82) is 0 Å². The van der Waals surface area contributed by atoms with Crippen LogP contribution in [0.25, 0.3) is 0 Å². The minimum atomic E-state index is 0.574. The largest absolute Gasteiger partial charge is 0.361 e. The van der Waals surface area contributed by atoms with Crippen LogP contribution in [0.1, 0.15) is 41.5 Å². The molecule has 0 aliphatic carbocycles. The Bertz CT molecular complexity index is 498. The molecule has 1 saturated heterocycles. The molecule has 0 N–H and O–H groups in total. The van der Waals surface area contributed by atoms with Crippen molar-refractivity contribution in [2.75, 3.05) is 6.54 Å². The van der Waals surface area contributed by atoms with E-state index in [-0.39, 0.29) is 0 Å². The maximum Gasteiger partial charge on any atom is 0.138 e. The number of likely N-dealkylation sites (tertiary alicyclic amines) is 1. The van der Waals surface area contributed by atoms with Crippen LogP contribution in [-0.4, -0.2) is 16.6 Å². The molecular formula is C14H18N2OS. The number of aryl methyl sites for hydroxylation is 2. The number of nitrogens with zero attached hydrogens (tertiary/aromatic N) is 2. The van der Waals surface area contributed by atoms with Crippen LogP contribution in [0.2, 0.25) is 0 Å². The molecule has 0 aromatic carbocycles. The van der Waals surface area contributed by atoms with E-state index in [9.17, 15) is 0 Å². The summed E-state index contributed by atoms with van der Waals surface area (Å²) in [6.07, 6.45) is 2.55. The Morgan fingerprint density at radius 1 is 1.50 bits per heavy atom. The molecule has 0 radical (unpaired) electrons. The molecule has 3 heterocycles. The van der Waals surface area contributed by atoms with Crippen LogP contribution in [0, 0.1) is 13.8 Å². The zero-order chi connectivity index (χ0) is 12.5. The summed E-state index contributed by atoms with van der Waals surface area (Å²) in [5.41, 5.74) is 3.75. The van der Waals surface area contributed by atoms with Crippen molar-refractivity contribution in [2.45, 2.75) is 39.3 Å². The lowest BCUT2D eigenvalue weighted by molar-refractivity contribution is 0.247. The van der Waals surface area contributed by atoms with Gasteiger partial charge in [-0.15, -0.1) is 0 Å². The van der Waals surface area contributed by atoms with Gasteiger partial charge in [0, 0.05) is 18.2 Å². The third-order valence-electron chi connectivity index (χ3n) is 3.83. The monoisotopic (exact) mass is 262 g/mol.